The van der Waals surface area contributed by atoms with Crippen molar-refractivity contribution >= 4 is 23.7 Å². The van der Waals surface area contributed by atoms with E-state index in [4.69, 9.17) is 0 Å². The van der Waals surface area contributed by atoms with E-state index in [2.05, 4.69) is 21.1 Å². The van der Waals surface area contributed by atoms with Crippen molar-refractivity contribution in [3.8, 4) is 5.75 Å². The molecule has 19 heavy (non-hydrogen) atoms. The fraction of sp³-hybridized carbons (Fsp3) is 0.167. The van der Waals surface area contributed by atoms with Crippen LogP contribution in [0.4, 0.5) is 0 Å². The Hall–Kier alpha value is -2.70. The molecule has 98 valence electrons. The van der Waals surface area contributed by atoms with Crippen LogP contribution in [-0.2, 0) is 9.59 Å². The average molecular weight is 260 g/mol. The number of rotatable bonds is 4. The summed E-state index contributed by atoms with van der Waals surface area (Å²) in [6.45, 7) is 0. The standard InChI is InChI=1S/C12H12N4O3/c17-10-3-1-2-8(4-10)7-13-15-11(18)5-9-6-12(19)16-14-9/h1-4,7,17H,5-6H2,(H,15,18)(H,16,19)/b13-7+. The van der Waals surface area contributed by atoms with Gasteiger partial charge in [0.1, 0.15) is 5.75 Å². The van der Waals surface area contributed by atoms with E-state index in [1.807, 2.05) is 0 Å². The lowest BCUT2D eigenvalue weighted by Crippen LogP contribution is -2.20. The smallest absolute Gasteiger partial charge is 0.245 e. The fourth-order valence-electron chi connectivity index (χ4n) is 1.52. The van der Waals surface area contributed by atoms with Gasteiger partial charge in [0.2, 0.25) is 11.8 Å². The quantitative estimate of drug-likeness (QED) is 0.528. The molecule has 3 N–H and O–H groups in total. The SMILES string of the molecule is O=C1CC(CC(=O)N/N=C/c2cccc(O)c2)=NN1. The molecule has 0 spiro atoms. The monoisotopic (exact) mass is 260 g/mol. The Morgan fingerprint density at radius 3 is 3.11 bits per heavy atom. The molecular weight excluding hydrogens is 248 g/mol. The Bertz CT molecular complexity index is 566. The van der Waals surface area contributed by atoms with Crippen LogP contribution >= 0.6 is 0 Å². The highest BCUT2D eigenvalue weighted by Gasteiger charge is 2.16. The number of nitrogens with one attached hydrogen (secondary N) is 2. The maximum atomic E-state index is 11.5. The van der Waals surface area contributed by atoms with E-state index < -0.39 is 0 Å². The van der Waals surface area contributed by atoms with Gasteiger partial charge in [-0.05, 0) is 17.7 Å². The topological polar surface area (TPSA) is 103 Å². The second-order valence-electron chi connectivity index (χ2n) is 3.95. The summed E-state index contributed by atoms with van der Waals surface area (Å²) in [6.07, 6.45) is 1.58. The molecule has 0 atom stereocenters. The zero-order valence-corrected chi connectivity index (χ0v) is 9.96. The number of hydrazone groups is 2. The van der Waals surface area contributed by atoms with Crippen molar-refractivity contribution in [2.75, 3.05) is 0 Å². The molecule has 0 saturated carbocycles. The molecule has 0 saturated heterocycles. The highest BCUT2D eigenvalue weighted by Crippen LogP contribution is 2.08. The van der Waals surface area contributed by atoms with Crippen LogP contribution < -0.4 is 10.9 Å². The summed E-state index contributed by atoms with van der Waals surface area (Å²) in [5.41, 5.74) is 5.73. The molecule has 0 fully saturated rings. The highest BCUT2D eigenvalue weighted by atomic mass is 16.3. The van der Waals surface area contributed by atoms with E-state index in [-0.39, 0.29) is 30.4 Å². The minimum Gasteiger partial charge on any atom is -0.508 e. The van der Waals surface area contributed by atoms with Crippen molar-refractivity contribution in [1.29, 1.82) is 0 Å². The summed E-state index contributed by atoms with van der Waals surface area (Å²) in [6, 6.07) is 6.46. The molecule has 1 aliphatic heterocycles. The fourth-order valence-corrected chi connectivity index (χ4v) is 1.52. The van der Waals surface area contributed by atoms with Gasteiger partial charge in [0, 0.05) is 0 Å². The van der Waals surface area contributed by atoms with Crippen LogP contribution in [0.5, 0.6) is 5.75 Å². The van der Waals surface area contributed by atoms with Gasteiger partial charge in [0.15, 0.2) is 0 Å². The maximum absolute atomic E-state index is 11.5. The molecule has 1 aliphatic rings. The molecule has 1 heterocycles. The molecule has 0 bridgehead atoms. The van der Waals surface area contributed by atoms with Crippen molar-refractivity contribution in [2.24, 2.45) is 10.2 Å². The van der Waals surface area contributed by atoms with Gasteiger partial charge >= 0.3 is 0 Å². The number of nitrogens with zero attached hydrogens (tertiary/aromatic N) is 2. The van der Waals surface area contributed by atoms with E-state index in [9.17, 15) is 14.7 Å². The Kier molecular flexibility index (Phi) is 3.87. The van der Waals surface area contributed by atoms with Gasteiger partial charge in [0.05, 0.1) is 24.8 Å². The van der Waals surface area contributed by atoms with E-state index >= 15 is 0 Å². The summed E-state index contributed by atoms with van der Waals surface area (Å²) in [7, 11) is 0. The molecule has 7 heteroatoms. The van der Waals surface area contributed by atoms with Crippen LogP contribution in [-0.4, -0.2) is 28.8 Å². The molecule has 7 nitrogen and oxygen atoms in total. The van der Waals surface area contributed by atoms with E-state index in [0.29, 0.717) is 11.3 Å². The van der Waals surface area contributed by atoms with E-state index in [1.165, 1.54) is 18.3 Å². The number of benzene rings is 1. The van der Waals surface area contributed by atoms with Crippen molar-refractivity contribution in [1.82, 2.24) is 10.9 Å². The van der Waals surface area contributed by atoms with Crippen molar-refractivity contribution in [3.63, 3.8) is 0 Å². The minimum absolute atomic E-state index is 0.0239. The van der Waals surface area contributed by atoms with Crippen LogP contribution in [0.25, 0.3) is 0 Å². The van der Waals surface area contributed by atoms with Gasteiger partial charge in [0.25, 0.3) is 0 Å². The third kappa shape index (κ3) is 3.91. The van der Waals surface area contributed by atoms with Gasteiger partial charge < -0.3 is 5.11 Å². The lowest BCUT2D eigenvalue weighted by molar-refractivity contribution is -0.119. The largest absolute Gasteiger partial charge is 0.508 e. The molecule has 0 radical (unpaired) electrons. The average Bonchev–Trinajstić information content (AvgIpc) is 2.75. The minimum atomic E-state index is -0.355. The molecule has 2 amide bonds. The number of carbonyl (C=O) groups is 2. The second kappa shape index (κ2) is 5.76. The first-order valence-corrected chi connectivity index (χ1v) is 5.59. The van der Waals surface area contributed by atoms with Gasteiger partial charge in [-0.3, -0.25) is 9.59 Å². The molecule has 1 aromatic rings. The van der Waals surface area contributed by atoms with Crippen molar-refractivity contribution in [3.05, 3.63) is 29.8 Å². The zero-order valence-electron chi connectivity index (χ0n) is 9.96. The van der Waals surface area contributed by atoms with Gasteiger partial charge in [-0.1, -0.05) is 12.1 Å². The molecular formula is C12H12N4O3. The lowest BCUT2D eigenvalue weighted by atomic mass is 10.2. The summed E-state index contributed by atoms with van der Waals surface area (Å²) >= 11 is 0. The van der Waals surface area contributed by atoms with Crippen LogP contribution in [0.3, 0.4) is 0 Å². The summed E-state index contributed by atoms with van der Waals surface area (Å²) in [5, 5.41) is 16.7. The molecule has 0 aromatic heterocycles. The van der Waals surface area contributed by atoms with Crippen LogP contribution in [0.1, 0.15) is 18.4 Å². The number of phenols is 1. The number of hydrogen-bond donors (Lipinski definition) is 3. The third-order valence-electron chi connectivity index (χ3n) is 2.34. The third-order valence-corrected chi connectivity index (χ3v) is 2.34. The van der Waals surface area contributed by atoms with Crippen LogP contribution in [0.15, 0.2) is 34.5 Å². The number of phenolic OH excluding ortho intramolecular Hbond substituents is 1. The van der Waals surface area contributed by atoms with Crippen molar-refractivity contribution in [2.45, 2.75) is 12.8 Å². The van der Waals surface area contributed by atoms with Crippen LogP contribution in [0.2, 0.25) is 0 Å². The predicted octanol–water partition coefficient (Wildman–Crippen LogP) is 0.108. The molecule has 0 aliphatic carbocycles. The van der Waals surface area contributed by atoms with Gasteiger partial charge in [-0.2, -0.15) is 10.2 Å². The van der Waals surface area contributed by atoms with Crippen molar-refractivity contribution < 1.29 is 14.7 Å². The molecule has 0 unspecified atom stereocenters. The maximum Gasteiger partial charge on any atom is 0.245 e. The molecule has 1 aromatic carbocycles. The first kappa shape index (κ1) is 12.7. The Labute approximate surface area is 109 Å². The predicted molar refractivity (Wildman–Crippen MR) is 68.7 cm³/mol. The highest BCUT2D eigenvalue weighted by molar-refractivity contribution is 6.11. The zero-order chi connectivity index (χ0) is 13.7. The number of amides is 2. The normalized spacial score (nSPS) is 14.3. The van der Waals surface area contributed by atoms with E-state index in [1.54, 1.807) is 12.1 Å². The first-order chi connectivity index (χ1) is 9.13. The summed E-state index contributed by atoms with van der Waals surface area (Å²) in [5.74, 6) is -0.446. The first-order valence-electron chi connectivity index (χ1n) is 5.59. The van der Waals surface area contributed by atoms with Crippen LogP contribution in [0, 0.1) is 0 Å². The van der Waals surface area contributed by atoms with Gasteiger partial charge in [-0.15, -0.1) is 0 Å². The molecule has 2 rings (SSSR count). The summed E-state index contributed by atoms with van der Waals surface area (Å²) in [4.78, 5) is 22.3. The van der Waals surface area contributed by atoms with E-state index in [0.717, 1.165) is 0 Å². The Morgan fingerprint density at radius 1 is 1.58 bits per heavy atom. The number of carbonyl (C=O) groups excluding carboxylic acids is 2. The lowest BCUT2D eigenvalue weighted by Gasteiger charge is -1.98. The Morgan fingerprint density at radius 2 is 2.42 bits per heavy atom. The summed E-state index contributed by atoms with van der Waals surface area (Å²) < 4.78 is 0. The number of hydrogen-bond acceptors (Lipinski definition) is 5. The van der Waals surface area contributed by atoms with Gasteiger partial charge in [-0.25, -0.2) is 10.9 Å². The number of aromatic hydroxyl groups is 1. The second-order valence-corrected chi connectivity index (χ2v) is 3.95. The Balaban J connectivity index is 1.82.